The van der Waals surface area contributed by atoms with Crippen LogP contribution in [-0.2, 0) is 11.2 Å². The van der Waals surface area contributed by atoms with E-state index in [-0.39, 0.29) is 23.4 Å². The minimum Gasteiger partial charge on any atom is -0.478 e. The molecule has 2 aromatic carbocycles. The number of hydrogen-bond acceptors (Lipinski definition) is 3. The van der Waals surface area contributed by atoms with Gasteiger partial charge in [-0.15, -0.1) is 0 Å². The van der Waals surface area contributed by atoms with E-state index < -0.39 is 11.6 Å². The zero-order chi connectivity index (χ0) is 22.6. The van der Waals surface area contributed by atoms with Crippen LogP contribution in [0, 0.1) is 31.5 Å². The number of rotatable bonds is 9. The van der Waals surface area contributed by atoms with E-state index in [4.69, 9.17) is 4.74 Å². The van der Waals surface area contributed by atoms with Crippen LogP contribution in [0.1, 0.15) is 61.2 Å². The highest BCUT2D eigenvalue weighted by molar-refractivity contribution is 5.97. The normalized spacial score (nSPS) is 13.6. The van der Waals surface area contributed by atoms with E-state index >= 15 is 0 Å². The Morgan fingerprint density at radius 1 is 1.07 bits per heavy atom. The monoisotopic (exact) mass is 414 g/mol. The molecule has 0 heterocycles. The molecule has 2 atom stereocenters. The Morgan fingerprint density at radius 3 is 2.10 bits per heavy atom. The Bertz CT molecular complexity index is 892. The quantitative estimate of drug-likeness (QED) is 0.529. The number of aliphatic carboxylic acids is 1. The smallest absolute Gasteiger partial charge is 0.347 e. The predicted octanol–water partition coefficient (Wildman–Crippen LogP) is 5.77. The van der Waals surface area contributed by atoms with Gasteiger partial charge >= 0.3 is 5.97 Å². The van der Waals surface area contributed by atoms with Crippen LogP contribution in [-0.4, -0.2) is 22.5 Å². The first-order valence-corrected chi connectivity index (χ1v) is 10.2. The second-order valence-corrected chi connectivity index (χ2v) is 8.65. The van der Waals surface area contributed by atoms with E-state index in [9.17, 15) is 19.1 Å². The van der Waals surface area contributed by atoms with E-state index in [0.29, 0.717) is 11.3 Å². The van der Waals surface area contributed by atoms with Crippen molar-refractivity contribution < 1.29 is 23.8 Å². The first-order valence-electron chi connectivity index (χ1n) is 10.2. The highest BCUT2D eigenvalue weighted by Crippen LogP contribution is 2.30. The number of ketones is 1. The van der Waals surface area contributed by atoms with Crippen molar-refractivity contribution in [3.8, 4) is 5.75 Å². The summed E-state index contributed by atoms with van der Waals surface area (Å²) >= 11 is 0. The Hall–Kier alpha value is -2.69. The van der Waals surface area contributed by atoms with Crippen LogP contribution in [0.15, 0.2) is 36.4 Å². The number of benzene rings is 2. The van der Waals surface area contributed by atoms with E-state index in [2.05, 4.69) is 6.92 Å². The van der Waals surface area contributed by atoms with Gasteiger partial charge in [0.05, 0.1) is 0 Å². The van der Waals surface area contributed by atoms with E-state index in [1.54, 1.807) is 0 Å². The molecule has 0 aliphatic rings. The maximum absolute atomic E-state index is 13.1. The summed E-state index contributed by atoms with van der Waals surface area (Å²) in [6.07, 6.45) is 1.63. The zero-order valence-electron chi connectivity index (χ0n) is 18.6. The third kappa shape index (κ3) is 5.68. The third-order valence-corrected chi connectivity index (χ3v) is 5.68. The number of carbonyl (C=O) groups is 2. The molecule has 0 amide bonds. The molecule has 30 heavy (non-hydrogen) atoms. The molecular weight excluding hydrogens is 383 g/mol. The van der Waals surface area contributed by atoms with Gasteiger partial charge in [0.2, 0.25) is 0 Å². The molecule has 0 aliphatic heterocycles. The summed E-state index contributed by atoms with van der Waals surface area (Å²) in [6, 6.07) is 9.71. The molecule has 0 bridgehead atoms. The molecule has 2 rings (SSSR count). The van der Waals surface area contributed by atoms with Crippen LogP contribution in [0.5, 0.6) is 5.75 Å². The van der Waals surface area contributed by atoms with Gasteiger partial charge in [0.25, 0.3) is 0 Å². The third-order valence-electron chi connectivity index (χ3n) is 5.68. The lowest BCUT2D eigenvalue weighted by Gasteiger charge is -2.25. The van der Waals surface area contributed by atoms with Crippen molar-refractivity contribution in [2.45, 2.75) is 60.0 Å². The van der Waals surface area contributed by atoms with Gasteiger partial charge in [-0.05, 0) is 87.4 Å². The van der Waals surface area contributed by atoms with Crippen LogP contribution < -0.4 is 4.74 Å². The van der Waals surface area contributed by atoms with Crippen LogP contribution in [0.25, 0.3) is 0 Å². The maximum atomic E-state index is 13.1. The highest BCUT2D eigenvalue weighted by Gasteiger charge is 2.30. The number of hydrogen-bond donors (Lipinski definition) is 1. The van der Waals surface area contributed by atoms with Crippen LogP contribution in [0.2, 0.25) is 0 Å². The molecule has 0 unspecified atom stereocenters. The molecule has 0 fully saturated rings. The summed E-state index contributed by atoms with van der Waals surface area (Å²) in [4.78, 5) is 24.0. The van der Waals surface area contributed by atoms with Crippen LogP contribution in [0.3, 0.4) is 0 Å². The summed E-state index contributed by atoms with van der Waals surface area (Å²) < 4.78 is 18.9. The van der Waals surface area contributed by atoms with Gasteiger partial charge in [0.15, 0.2) is 11.4 Å². The molecule has 2 aromatic rings. The second-order valence-electron chi connectivity index (χ2n) is 8.65. The summed E-state index contributed by atoms with van der Waals surface area (Å²) in [6.45, 7) is 10.9. The number of carboxylic acid groups (broad SMARTS) is 1. The average Bonchev–Trinajstić information content (AvgIpc) is 2.68. The molecule has 0 radical (unpaired) electrons. The zero-order valence-corrected chi connectivity index (χ0v) is 18.6. The van der Waals surface area contributed by atoms with Gasteiger partial charge in [0.1, 0.15) is 11.6 Å². The Labute approximate surface area is 178 Å². The minimum atomic E-state index is -1.30. The summed E-state index contributed by atoms with van der Waals surface area (Å²) in [5.41, 5.74) is 2.13. The van der Waals surface area contributed by atoms with Gasteiger partial charge in [-0.3, -0.25) is 4.79 Å². The topological polar surface area (TPSA) is 63.6 Å². The fraction of sp³-hybridized carbons (Fsp3) is 0.440. The van der Waals surface area contributed by atoms with Crippen molar-refractivity contribution in [3.05, 3.63) is 64.5 Å². The lowest BCUT2D eigenvalue weighted by Crippen LogP contribution is -2.38. The van der Waals surface area contributed by atoms with Crippen molar-refractivity contribution >= 4 is 11.8 Å². The molecule has 4 nitrogen and oxygen atoms in total. The van der Waals surface area contributed by atoms with Crippen LogP contribution in [0.4, 0.5) is 4.39 Å². The Morgan fingerprint density at radius 2 is 1.60 bits per heavy atom. The number of halogens is 1. The van der Waals surface area contributed by atoms with E-state index in [1.807, 2.05) is 32.9 Å². The lowest BCUT2D eigenvalue weighted by molar-refractivity contribution is -0.152. The van der Waals surface area contributed by atoms with Gasteiger partial charge in [-0.1, -0.05) is 26.0 Å². The number of carboxylic acids is 1. The molecule has 0 aliphatic carbocycles. The Kier molecular flexibility index (Phi) is 7.40. The fourth-order valence-corrected chi connectivity index (χ4v) is 3.42. The van der Waals surface area contributed by atoms with E-state index in [0.717, 1.165) is 29.5 Å². The largest absolute Gasteiger partial charge is 0.478 e. The van der Waals surface area contributed by atoms with Gasteiger partial charge in [-0.2, -0.15) is 0 Å². The van der Waals surface area contributed by atoms with Crippen molar-refractivity contribution in [2.24, 2.45) is 11.8 Å². The number of Topliss-reactive ketones (excluding diaryl/α,β-unsaturated/α-hetero) is 1. The van der Waals surface area contributed by atoms with Gasteiger partial charge in [-0.25, -0.2) is 9.18 Å². The molecule has 0 saturated heterocycles. The number of carbonyl (C=O) groups excluding carboxylic acids is 1. The van der Waals surface area contributed by atoms with E-state index in [1.165, 1.54) is 38.1 Å². The average molecular weight is 415 g/mol. The summed E-state index contributed by atoms with van der Waals surface area (Å²) in [7, 11) is 0. The van der Waals surface area contributed by atoms with Crippen molar-refractivity contribution in [2.75, 3.05) is 0 Å². The standard InChI is InChI=1S/C25H31FO4/c1-15(18(4)22(27)20-9-11-21(26)12-10-20)7-8-19-13-16(2)23(17(3)14-19)30-25(5,6)24(28)29/h9-15,18H,7-8H2,1-6H3,(H,28,29)/t15-,18+/m0/s1. The van der Waals surface area contributed by atoms with Crippen LogP contribution >= 0.6 is 0 Å². The molecule has 1 N–H and O–H groups in total. The van der Waals surface area contributed by atoms with Crippen molar-refractivity contribution in [1.82, 2.24) is 0 Å². The Balaban J connectivity index is 2.05. The SMILES string of the molecule is Cc1cc(CC[C@H](C)[C@@H](C)C(=O)c2ccc(F)cc2)cc(C)c1OC(C)(C)C(=O)O. The first-order chi connectivity index (χ1) is 13.9. The van der Waals surface area contributed by atoms with Gasteiger partial charge < -0.3 is 9.84 Å². The lowest BCUT2D eigenvalue weighted by atomic mass is 9.84. The molecule has 0 spiro atoms. The van der Waals surface area contributed by atoms with Gasteiger partial charge in [0, 0.05) is 11.5 Å². The van der Waals surface area contributed by atoms with Crippen molar-refractivity contribution in [3.63, 3.8) is 0 Å². The molecule has 162 valence electrons. The molecule has 0 aromatic heterocycles. The summed E-state index contributed by atoms with van der Waals surface area (Å²) in [5.74, 6) is -0.758. The summed E-state index contributed by atoms with van der Waals surface area (Å²) in [5, 5.41) is 9.31. The first kappa shape index (κ1) is 23.6. The molecule has 0 saturated carbocycles. The predicted molar refractivity (Wildman–Crippen MR) is 116 cm³/mol. The molecule has 5 heteroatoms. The minimum absolute atomic E-state index is 0.0227. The highest BCUT2D eigenvalue weighted by atomic mass is 19.1. The number of ether oxygens (including phenoxy) is 1. The molecular formula is C25H31FO4. The second kappa shape index (κ2) is 9.41. The maximum Gasteiger partial charge on any atom is 0.347 e. The fourth-order valence-electron chi connectivity index (χ4n) is 3.42. The number of aryl methyl sites for hydroxylation is 3. The van der Waals surface area contributed by atoms with Crippen molar-refractivity contribution in [1.29, 1.82) is 0 Å².